The molecule has 2 aliphatic heterocycles. The molecule has 9 N–H and O–H groups in total. The van der Waals surface area contributed by atoms with Crippen molar-refractivity contribution in [1.29, 1.82) is 0 Å². The molecule has 0 aromatic carbocycles. The Bertz CT molecular complexity index is 1290. The normalized spacial score (nSPS) is 25.2. The number of nitrogens with one attached hydrogen (secondary N) is 1. The van der Waals surface area contributed by atoms with Crippen molar-refractivity contribution >= 4 is 5.91 Å². The maximum atomic E-state index is 13.3. The molecule has 0 radical (unpaired) electrons. The molecule has 74 heavy (non-hydrogen) atoms. The Hall–Kier alpha value is -1.27. The molecular formula is C60H115NO13. The van der Waals surface area contributed by atoms with Crippen molar-refractivity contribution in [3.63, 3.8) is 0 Å². The highest BCUT2D eigenvalue weighted by Gasteiger charge is 2.51. The second-order valence-electron chi connectivity index (χ2n) is 22.2. The van der Waals surface area contributed by atoms with Gasteiger partial charge in [-0.15, -0.1) is 0 Å². The zero-order chi connectivity index (χ0) is 53.9. The largest absolute Gasteiger partial charge is 0.394 e. The van der Waals surface area contributed by atoms with Crippen molar-refractivity contribution in [2.75, 3.05) is 19.8 Å². The Kier molecular flexibility index (Phi) is 43.4. The molecule has 438 valence electrons. The van der Waals surface area contributed by atoms with Crippen LogP contribution in [0.5, 0.6) is 0 Å². The fourth-order valence-electron chi connectivity index (χ4n) is 10.5. The minimum Gasteiger partial charge on any atom is -0.394 e. The van der Waals surface area contributed by atoms with Crippen molar-refractivity contribution in [2.45, 2.75) is 344 Å². The molecule has 1 amide bonds. The SMILES string of the molecule is CCCCCCCCCCCCCCCCCCC/C=C/C(O)C(COC1OC(CO)C(OC2OC(CO)C(O)C(O)C2O)C(O)C1O)NC(=O)CCCCCCCCCCCCCCCCCCCCCCC. The standard InChI is InChI=1S/C60H115NO13/c1-3-5-7-9-11-13-15-17-19-21-23-24-26-28-30-32-34-36-38-40-42-44-52(65)61-48(49(64)43-41-39-37-35-33-31-29-27-25-22-20-18-16-14-12-10-8-6-4-2)47-71-59-57(70)55(68)58(51(46-63)73-59)74-60-56(69)54(67)53(66)50(45-62)72-60/h41,43,48-51,53-60,62-64,66-70H,3-40,42,44-47H2,1-2H3,(H,61,65)/b43-41+. The number of hydrogen-bond acceptors (Lipinski definition) is 13. The van der Waals surface area contributed by atoms with Gasteiger partial charge in [0.1, 0.15) is 48.8 Å². The van der Waals surface area contributed by atoms with Crippen LogP contribution >= 0.6 is 0 Å². The number of hydrogen-bond donors (Lipinski definition) is 9. The maximum absolute atomic E-state index is 13.3. The highest BCUT2D eigenvalue weighted by Crippen LogP contribution is 2.30. The fraction of sp³-hybridized carbons (Fsp3) is 0.950. The molecule has 0 saturated carbocycles. The van der Waals surface area contributed by atoms with Gasteiger partial charge in [0.2, 0.25) is 5.91 Å². The van der Waals surface area contributed by atoms with Gasteiger partial charge < -0.3 is 65.1 Å². The Morgan fingerprint density at radius 2 is 0.838 bits per heavy atom. The number of unbranched alkanes of at least 4 members (excludes halogenated alkanes) is 37. The van der Waals surface area contributed by atoms with Crippen LogP contribution < -0.4 is 5.32 Å². The summed E-state index contributed by atoms with van der Waals surface area (Å²) in [6.07, 6.45) is 36.7. The van der Waals surface area contributed by atoms with E-state index < -0.39 is 86.8 Å². The van der Waals surface area contributed by atoms with Gasteiger partial charge in [-0.05, 0) is 19.3 Å². The highest BCUT2D eigenvalue weighted by molar-refractivity contribution is 5.76. The molecule has 12 atom stereocenters. The predicted molar refractivity (Wildman–Crippen MR) is 295 cm³/mol. The number of aliphatic hydroxyl groups excluding tert-OH is 8. The second-order valence-corrected chi connectivity index (χ2v) is 22.2. The third-order valence-electron chi connectivity index (χ3n) is 15.5. The van der Waals surface area contributed by atoms with Crippen LogP contribution in [0, 0.1) is 0 Å². The Morgan fingerprint density at radius 3 is 1.24 bits per heavy atom. The van der Waals surface area contributed by atoms with Gasteiger partial charge in [0.05, 0.1) is 32.0 Å². The first kappa shape index (κ1) is 68.8. The van der Waals surface area contributed by atoms with E-state index in [9.17, 15) is 45.6 Å². The molecule has 0 bridgehead atoms. The van der Waals surface area contributed by atoms with E-state index in [1.54, 1.807) is 6.08 Å². The van der Waals surface area contributed by atoms with E-state index in [-0.39, 0.29) is 18.9 Å². The van der Waals surface area contributed by atoms with Gasteiger partial charge in [0.15, 0.2) is 12.6 Å². The molecule has 0 aromatic heterocycles. The number of carbonyl (C=O) groups is 1. The second kappa shape index (κ2) is 46.6. The van der Waals surface area contributed by atoms with Crippen LogP contribution in [0.15, 0.2) is 12.2 Å². The van der Waals surface area contributed by atoms with Crippen LogP contribution in [-0.2, 0) is 23.7 Å². The van der Waals surface area contributed by atoms with Crippen molar-refractivity contribution in [3.05, 3.63) is 12.2 Å². The summed E-state index contributed by atoms with van der Waals surface area (Å²) in [5.41, 5.74) is 0. The van der Waals surface area contributed by atoms with Crippen LogP contribution in [-0.4, -0.2) is 140 Å². The van der Waals surface area contributed by atoms with Crippen molar-refractivity contribution in [2.24, 2.45) is 0 Å². The van der Waals surface area contributed by atoms with Crippen LogP contribution in [0.2, 0.25) is 0 Å². The zero-order valence-electron chi connectivity index (χ0n) is 47.1. The Labute approximate surface area is 450 Å². The van der Waals surface area contributed by atoms with E-state index in [1.165, 1.54) is 205 Å². The molecular weight excluding hydrogens is 943 g/mol. The van der Waals surface area contributed by atoms with Crippen LogP contribution in [0.25, 0.3) is 0 Å². The molecule has 12 unspecified atom stereocenters. The molecule has 2 saturated heterocycles. The summed E-state index contributed by atoms with van der Waals surface area (Å²) in [6, 6.07) is -0.909. The minimum absolute atomic E-state index is 0.233. The van der Waals surface area contributed by atoms with Crippen LogP contribution in [0.1, 0.15) is 271 Å². The molecule has 0 aromatic rings. The van der Waals surface area contributed by atoms with Gasteiger partial charge in [-0.3, -0.25) is 4.79 Å². The van der Waals surface area contributed by atoms with E-state index in [0.29, 0.717) is 6.42 Å². The Morgan fingerprint density at radius 1 is 0.473 bits per heavy atom. The minimum atomic E-state index is -1.79. The molecule has 14 nitrogen and oxygen atoms in total. The van der Waals surface area contributed by atoms with E-state index >= 15 is 0 Å². The number of ether oxygens (including phenoxy) is 4. The van der Waals surface area contributed by atoms with Crippen LogP contribution in [0.4, 0.5) is 0 Å². The van der Waals surface area contributed by atoms with Gasteiger partial charge in [0.25, 0.3) is 0 Å². The molecule has 2 aliphatic rings. The quantitative estimate of drug-likeness (QED) is 0.0204. The molecule has 2 rings (SSSR count). The van der Waals surface area contributed by atoms with Crippen LogP contribution in [0.3, 0.4) is 0 Å². The third kappa shape index (κ3) is 32.0. The lowest BCUT2D eigenvalue weighted by molar-refractivity contribution is -0.359. The topological polar surface area (TPSA) is 228 Å². The summed E-state index contributed by atoms with van der Waals surface area (Å²) in [4.78, 5) is 13.3. The maximum Gasteiger partial charge on any atom is 0.220 e. The monoisotopic (exact) mass is 1060 g/mol. The number of carbonyl (C=O) groups excluding carboxylic acids is 1. The van der Waals surface area contributed by atoms with Gasteiger partial charge in [-0.2, -0.15) is 0 Å². The van der Waals surface area contributed by atoms with Gasteiger partial charge in [0, 0.05) is 6.42 Å². The van der Waals surface area contributed by atoms with E-state index in [4.69, 9.17) is 18.9 Å². The molecule has 0 spiro atoms. The number of rotatable bonds is 50. The fourth-order valence-corrected chi connectivity index (χ4v) is 10.5. The lowest BCUT2D eigenvalue weighted by atomic mass is 9.97. The summed E-state index contributed by atoms with van der Waals surface area (Å²) in [6.45, 7) is 2.84. The summed E-state index contributed by atoms with van der Waals surface area (Å²) in [7, 11) is 0. The average Bonchev–Trinajstić information content (AvgIpc) is 3.40. The first-order valence-corrected chi connectivity index (χ1v) is 30.9. The first-order valence-electron chi connectivity index (χ1n) is 30.9. The first-order chi connectivity index (χ1) is 36.1. The summed E-state index contributed by atoms with van der Waals surface area (Å²) >= 11 is 0. The summed E-state index contributed by atoms with van der Waals surface area (Å²) in [5, 5.41) is 87.2. The van der Waals surface area contributed by atoms with E-state index in [2.05, 4.69) is 19.2 Å². The lowest BCUT2D eigenvalue weighted by Gasteiger charge is -2.46. The summed E-state index contributed by atoms with van der Waals surface area (Å²) in [5.74, 6) is -0.233. The number of amides is 1. The van der Waals surface area contributed by atoms with Crippen molar-refractivity contribution in [3.8, 4) is 0 Å². The molecule has 2 heterocycles. The third-order valence-corrected chi connectivity index (χ3v) is 15.5. The number of aliphatic hydroxyl groups is 8. The highest BCUT2D eigenvalue weighted by atomic mass is 16.7. The van der Waals surface area contributed by atoms with Crippen molar-refractivity contribution < 1.29 is 64.6 Å². The zero-order valence-corrected chi connectivity index (χ0v) is 47.1. The Balaban J connectivity index is 1.75. The smallest absolute Gasteiger partial charge is 0.220 e. The summed E-state index contributed by atoms with van der Waals surface area (Å²) < 4.78 is 22.8. The molecule has 2 fully saturated rings. The van der Waals surface area contributed by atoms with Gasteiger partial charge in [-0.1, -0.05) is 257 Å². The molecule has 0 aliphatic carbocycles. The lowest BCUT2D eigenvalue weighted by Crippen LogP contribution is -2.65. The van der Waals surface area contributed by atoms with E-state index in [1.807, 2.05) is 6.08 Å². The molecule has 14 heteroatoms. The number of allylic oxidation sites excluding steroid dienone is 1. The van der Waals surface area contributed by atoms with Gasteiger partial charge >= 0.3 is 0 Å². The predicted octanol–water partition coefficient (Wildman–Crippen LogP) is 10.7. The average molecular weight is 1060 g/mol. The van der Waals surface area contributed by atoms with Crippen molar-refractivity contribution in [1.82, 2.24) is 5.32 Å². The van der Waals surface area contributed by atoms with Gasteiger partial charge in [-0.25, -0.2) is 0 Å². The van der Waals surface area contributed by atoms with E-state index in [0.717, 1.165) is 38.5 Å².